The molecule has 0 aliphatic rings. The van der Waals surface area contributed by atoms with Gasteiger partial charge in [0.25, 0.3) is 0 Å². The molecular weight excluding hydrogens is 320 g/mol. The Balaban J connectivity index is 2.07. The average molecular weight is 348 g/mol. The number of hydrogen-bond acceptors (Lipinski definition) is 2. The van der Waals surface area contributed by atoms with Crippen molar-refractivity contribution < 1.29 is 9.53 Å². The zero-order chi connectivity index (χ0) is 19.1. The van der Waals surface area contributed by atoms with E-state index in [1.54, 1.807) is 0 Å². The normalized spacial score (nSPS) is 12.5. The Kier molecular flexibility index (Phi) is 4.56. The van der Waals surface area contributed by atoms with E-state index in [4.69, 9.17) is 4.74 Å². The van der Waals surface area contributed by atoms with Crippen molar-refractivity contribution in [2.24, 2.45) is 5.41 Å². The standard InChI is InChI=1S/C24H28O2/c1-7-23(3,4)22(25)26-24(5,6)20-12-16(2)21-15-18-11-9-8-10-17(18)13-19(21)14-20/h8-15H,7H2,1-6H3. The predicted molar refractivity (Wildman–Crippen MR) is 109 cm³/mol. The van der Waals surface area contributed by atoms with Gasteiger partial charge in [-0.3, -0.25) is 4.79 Å². The number of rotatable bonds is 4. The van der Waals surface area contributed by atoms with E-state index in [0.29, 0.717) is 0 Å². The third kappa shape index (κ3) is 3.33. The number of benzene rings is 3. The van der Waals surface area contributed by atoms with E-state index < -0.39 is 11.0 Å². The molecule has 0 amide bonds. The lowest BCUT2D eigenvalue weighted by Gasteiger charge is -2.31. The predicted octanol–water partition coefficient (Wildman–Crippen LogP) is 6.52. The molecule has 0 atom stereocenters. The molecule has 3 rings (SSSR count). The van der Waals surface area contributed by atoms with E-state index in [1.165, 1.54) is 27.1 Å². The minimum Gasteiger partial charge on any atom is -0.454 e. The molecular formula is C24H28O2. The highest BCUT2D eigenvalue weighted by Gasteiger charge is 2.34. The zero-order valence-electron chi connectivity index (χ0n) is 16.6. The molecule has 0 bridgehead atoms. The fraction of sp³-hybridized carbons (Fsp3) is 0.375. The van der Waals surface area contributed by atoms with Gasteiger partial charge in [0.2, 0.25) is 0 Å². The summed E-state index contributed by atoms with van der Waals surface area (Å²) in [6, 6.07) is 17.1. The van der Waals surface area contributed by atoms with Crippen molar-refractivity contribution in [1.29, 1.82) is 0 Å². The van der Waals surface area contributed by atoms with Gasteiger partial charge in [0, 0.05) is 0 Å². The van der Waals surface area contributed by atoms with Crippen molar-refractivity contribution in [2.45, 2.75) is 53.6 Å². The van der Waals surface area contributed by atoms with Gasteiger partial charge in [-0.15, -0.1) is 0 Å². The Morgan fingerprint density at radius 2 is 1.54 bits per heavy atom. The van der Waals surface area contributed by atoms with Crippen LogP contribution >= 0.6 is 0 Å². The van der Waals surface area contributed by atoms with Gasteiger partial charge in [-0.1, -0.05) is 37.3 Å². The topological polar surface area (TPSA) is 26.3 Å². The highest BCUT2D eigenvalue weighted by atomic mass is 16.6. The first kappa shape index (κ1) is 18.4. The van der Waals surface area contributed by atoms with Crippen molar-refractivity contribution in [3.63, 3.8) is 0 Å². The molecule has 0 aromatic heterocycles. The van der Waals surface area contributed by atoms with Crippen LogP contribution in [-0.4, -0.2) is 5.97 Å². The maximum atomic E-state index is 12.6. The highest BCUT2D eigenvalue weighted by Crippen LogP contribution is 2.34. The minimum absolute atomic E-state index is 0.152. The van der Waals surface area contributed by atoms with Crippen LogP contribution in [0.15, 0.2) is 48.5 Å². The van der Waals surface area contributed by atoms with Crippen LogP contribution in [0.4, 0.5) is 0 Å². The van der Waals surface area contributed by atoms with Crippen LogP contribution in [0.2, 0.25) is 0 Å². The SMILES string of the molecule is CCC(C)(C)C(=O)OC(C)(C)c1cc(C)c2cc3ccccc3cc2c1. The summed E-state index contributed by atoms with van der Waals surface area (Å²) in [7, 11) is 0. The number of aryl methyl sites for hydroxylation is 1. The summed E-state index contributed by atoms with van der Waals surface area (Å²) >= 11 is 0. The lowest BCUT2D eigenvalue weighted by atomic mass is 9.88. The Morgan fingerprint density at radius 3 is 2.15 bits per heavy atom. The van der Waals surface area contributed by atoms with Crippen molar-refractivity contribution >= 4 is 27.5 Å². The first-order valence-electron chi connectivity index (χ1n) is 9.31. The van der Waals surface area contributed by atoms with E-state index in [0.717, 1.165) is 12.0 Å². The second-order valence-corrected chi connectivity index (χ2v) is 8.35. The van der Waals surface area contributed by atoms with Crippen LogP contribution in [-0.2, 0) is 15.1 Å². The fourth-order valence-electron chi connectivity index (χ4n) is 3.16. The molecule has 136 valence electrons. The Bertz CT molecular complexity index is 980. The molecule has 0 heterocycles. The van der Waals surface area contributed by atoms with Crippen molar-refractivity contribution in [2.75, 3.05) is 0 Å². The molecule has 3 aromatic rings. The van der Waals surface area contributed by atoms with Crippen LogP contribution in [0, 0.1) is 12.3 Å². The summed E-state index contributed by atoms with van der Waals surface area (Å²) in [4.78, 5) is 12.6. The summed E-state index contributed by atoms with van der Waals surface area (Å²) in [5, 5.41) is 4.88. The van der Waals surface area contributed by atoms with E-state index in [2.05, 4.69) is 55.5 Å². The van der Waals surface area contributed by atoms with Gasteiger partial charge in [-0.2, -0.15) is 0 Å². The Morgan fingerprint density at radius 1 is 0.923 bits per heavy atom. The van der Waals surface area contributed by atoms with Crippen LogP contribution in [0.3, 0.4) is 0 Å². The maximum absolute atomic E-state index is 12.6. The molecule has 0 aliphatic carbocycles. The summed E-state index contributed by atoms with van der Waals surface area (Å²) in [6.45, 7) is 11.9. The molecule has 0 unspecified atom stereocenters. The van der Waals surface area contributed by atoms with E-state index in [9.17, 15) is 4.79 Å². The smallest absolute Gasteiger partial charge is 0.312 e. The molecule has 0 aliphatic heterocycles. The van der Waals surface area contributed by atoms with Crippen LogP contribution < -0.4 is 0 Å². The van der Waals surface area contributed by atoms with Gasteiger partial charge in [0.15, 0.2) is 0 Å². The number of esters is 1. The molecule has 0 radical (unpaired) electrons. The molecule has 0 saturated heterocycles. The molecule has 0 fully saturated rings. The number of ether oxygens (including phenoxy) is 1. The van der Waals surface area contributed by atoms with Crippen molar-refractivity contribution in [1.82, 2.24) is 0 Å². The summed E-state index contributed by atoms with van der Waals surface area (Å²) in [6.07, 6.45) is 0.755. The third-order valence-corrected chi connectivity index (χ3v) is 5.51. The second-order valence-electron chi connectivity index (χ2n) is 8.35. The molecule has 0 N–H and O–H groups in total. The van der Waals surface area contributed by atoms with Gasteiger partial charge in [0.05, 0.1) is 5.41 Å². The first-order chi connectivity index (χ1) is 12.1. The molecule has 0 saturated carbocycles. The number of hydrogen-bond donors (Lipinski definition) is 0. The first-order valence-corrected chi connectivity index (χ1v) is 9.31. The van der Waals surface area contributed by atoms with Crippen LogP contribution in [0.5, 0.6) is 0 Å². The van der Waals surface area contributed by atoms with E-state index in [-0.39, 0.29) is 5.97 Å². The lowest BCUT2D eigenvalue weighted by molar-refractivity contribution is -0.168. The van der Waals surface area contributed by atoms with Gasteiger partial charge in [-0.25, -0.2) is 0 Å². The second kappa shape index (κ2) is 6.42. The molecule has 2 nitrogen and oxygen atoms in total. The van der Waals surface area contributed by atoms with E-state index >= 15 is 0 Å². The molecule has 26 heavy (non-hydrogen) atoms. The fourth-order valence-corrected chi connectivity index (χ4v) is 3.16. The van der Waals surface area contributed by atoms with Crippen molar-refractivity contribution in [3.8, 4) is 0 Å². The van der Waals surface area contributed by atoms with Crippen molar-refractivity contribution in [3.05, 3.63) is 59.7 Å². The molecule has 0 spiro atoms. The van der Waals surface area contributed by atoms with E-state index in [1.807, 2.05) is 34.6 Å². The zero-order valence-corrected chi connectivity index (χ0v) is 16.6. The maximum Gasteiger partial charge on any atom is 0.312 e. The summed E-state index contributed by atoms with van der Waals surface area (Å²) in [5.74, 6) is -0.152. The van der Waals surface area contributed by atoms with Gasteiger partial charge in [0.1, 0.15) is 5.60 Å². The van der Waals surface area contributed by atoms with Gasteiger partial charge >= 0.3 is 5.97 Å². The Hall–Kier alpha value is -2.35. The highest BCUT2D eigenvalue weighted by molar-refractivity contribution is 5.99. The number of carbonyl (C=O) groups is 1. The van der Waals surface area contributed by atoms with Gasteiger partial charge < -0.3 is 4.74 Å². The minimum atomic E-state index is -0.673. The van der Waals surface area contributed by atoms with Crippen LogP contribution in [0.25, 0.3) is 21.5 Å². The third-order valence-electron chi connectivity index (χ3n) is 5.51. The quantitative estimate of drug-likeness (QED) is 0.396. The monoisotopic (exact) mass is 348 g/mol. The number of fused-ring (bicyclic) bond motifs is 2. The lowest BCUT2D eigenvalue weighted by Crippen LogP contribution is -2.34. The van der Waals surface area contributed by atoms with Crippen LogP contribution in [0.1, 0.15) is 52.2 Å². The molecule has 3 aromatic carbocycles. The summed E-state index contributed by atoms with van der Waals surface area (Å²) in [5.41, 5.74) is 1.08. The molecule has 2 heteroatoms. The Labute approximate surface area is 156 Å². The average Bonchev–Trinajstić information content (AvgIpc) is 2.59. The van der Waals surface area contributed by atoms with Gasteiger partial charge in [-0.05, 0) is 91.9 Å². The largest absolute Gasteiger partial charge is 0.454 e. The number of carbonyl (C=O) groups excluding carboxylic acids is 1. The summed E-state index contributed by atoms with van der Waals surface area (Å²) < 4.78 is 5.93.